The smallest absolute Gasteiger partial charge is 0.309 e. The summed E-state index contributed by atoms with van der Waals surface area (Å²) < 4.78 is 5.52. The van der Waals surface area contributed by atoms with E-state index in [1.807, 2.05) is 13.8 Å². The summed E-state index contributed by atoms with van der Waals surface area (Å²) in [5.74, 6) is -0.753. The first kappa shape index (κ1) is 14.3. The molecule has 3 aliphatic rings. The zero-order valence-electron chi connectivity index (χ0n) is 12.2. The van der Waals surface area contributed by atoms with Crippen LogP contribution in [-0.2, 0) is 9.53 Å². The Labute approximate surface area is 118 Å². The molecule has 0 aromatic carbocycles. The lowest BCUT2D eigenvalue weighted by molar-refractivity contribution is -0.249. The molecule has 1 saturated heterocycles. The Bertz CT molecular complexity index is 434. The number of rotatable bonds is 0. The second-order valence-corrected chi connectivity index (χ2v) is 7.37. The van der Waals surface area contributed by atoms with Crippen molar-refractivity contribution >= 4 is 5.97 Å². The Hall–Kier alpha value is -0.650. The molecule has 20 heavy (non-hydrogen) atoms. The van der Waals surface area contributed by atoms with E-state index >= 15 is 0 Å². The van der Waals surface area contributed by atoms with Crippen molar-refractivity contribution in [2.24, 2.45) is 23.2 Å². The summed E-state index contributed by atoms with van der Waals surface area (Å²) in [6.07, 6.45) is -0.364. The first-order valence-corrected chi connectivity index (χ1v) is 7.48. The van der Waals surface area contributed by atoms with Gasteiger partial charge in [0.2, 0.25) is 0 Å². The van der Waals surface area contributed by atoms with Crippen molar-refractivity contribution in [2.75, 3.05) is 0 Å². The van der Waals surface area contributed by atoms with Gasteiger partial charge in [-0.2, -0.15) is 0 Å². The number of ether oxygens (including phenoxy) is 1. The van der Waals surface area contributed by atoms with Crippen molar-refractivity contribution in [3.05, 3.63) is 0 Å². The third kappa shape index (κ3) is 1.63. The zero-order chi connectivity index (χ0) is 14.9. The summed E-state index contributed by atoms with van der Waals surface area (Å²) in [5, 5.41) is 31.4. The molecule has 0 amide bonds. The molecule has 5 nitrogen and oxygen atoms in total. The lowest BCUT2D eigenvalue weighted by atomic mass is 9.50. The summed E-state index contributed by atoms with van der Waals surface area (Å²) in [6, 6.07) is 0. The number of fused-ring (bicyclic) bond motifs is 3. The first-order chi connectivity index (χ1) is 9.19. The van der Waals surface area contributed by atoms with Crippen LogP contribution in [0.1, 0.15) is 40.0 Å². The minimum atomic E-state index is -1.35. The van der Waals surface area contributed by atoms with E-state index in [-0.39, 0.29) is 24.2 Å². The van der Waals surface area contributed by atoms with Gasteiger partial charge in [-0.15, -0.1) is 0 Å². The molecule has 114 valence electrons. The van der Waals surface area contributed by atoms with E-state index in [9.17, 15) is 20.1 Å². The van der Waals surface area contributed by atoms with Gasteiger partial charge in [-0.25, -0.2) is 0 Å². The van der Waals surface area contributed by atoms with Crippen molar-refractivity contribution in [1.29, 1.82) is 0 Å². The van der Waals surface area contributed by atoms with Gasteiger partial charge < -0.3 is 20.1 Å². The van der Waals surface area contributed by atoms with E-state index < -0.39 is 35.2 Å². The molecule has 0 radical (unpaired) electrons. The maximum atomic E-state index is 11.9. The molecule has 3 rings (SSSR count). The summed E-state index contributed by atoms with van der Waals surface area (Å²) in [6.45, 7) is 5.40. The largest absolute Gasteiger partial charge is 0.461 e. The van der Waals surface area contributed by atoms with Crippen LogP contribution in [0, 0.1) is 23.2 Å². The molecule has 8 atom stereocenters. The highest BCUT2D eigenvalue weighted by atomic mass is 16.6. The monoisotopic (exact) mass is 284 g/mol. The highest BCUT2D eigenvalue weighted by Gasteiger charge is 2.66. The Morgan fingerprint density at radius 1 is 1.25 bits per heavy atom. The summed E-state index contributed by atoms with van der Waals surface area (Å²) >= 11 is 0. The highest BCUT2D eigenvalue weighted by molar-refractivity contribution is 5.75. The third-order valence-corrected chi connectivity index (χ3v) is 6.26. The standard InChI is InChI=1S/C15H24O5/c1-7-8-4-5-14(2)9(16)6-10(17)15(3,19)12(14)11(8)20-13(7)18/h7-12,16-17,19H,4-6H2,1-3H3. The van der Waals surface area contributed by atoms with Crippen LogP contribution in [0.5, 0.6) is 0 Å². The van der Waals surface area contributed by atoms with E-state index in [0.717, 1.165) is 12.8 Å². The van der Waals surface area contributed by atoms with Crippen LogP contribution in [0.25, 0.3) is 0 Å². The molecule has 0 aromatic heterocycles. The van der Waals surface area contributed by atoms with E-state index in [1.165, 1.54) is 0 Å². The van der Waals surface area contributed by atoms with Crippen molar-refractivity contribution < 1.29 is 24.9 Å². The van der Waals surface area contributed by atoms with E-state index in [4.69, 9.17) is 4.74 Å². The Morgan fingerprint density at radius 2 is 1.90 bits per heavy atom. The zero-order valence-corrected chi connectivity index (χ0v) is 12.2. The molecule has 2 saturated carbocycles. The number of aliphatic hydroxyl groups excluding tert-OH is 2. The molecule has 1 aliphatic heterocycles. The maximum Gasteiger partial charge on any atom is 0.309 e. The highest BCUT2D eigenvalue weighted by Crippen LogP contribution is 2.58. The Balaban J connectivity index is 2.04. The third-order valence-electron chi connectivity index (χ3n) is 6.26. The van der Waals surface area contributed by atoms with Crippen molar-refractivity contribution in [2.45, 2.75) is 63.9 Å². The van der Waals surface area contributed by atoms with Gasteiger partial charge in [0.1, 0.15) is 6.10 Å². The van der Waals surface area contributed by atoms with E-state index in [0.29, 0.717) is 0 Å². The quantitative estimate of drug-likeness (QED) is 0.562. The minimum absolute atomic E-state index is 0.0737. The normalized spacial score (nSPS) is 58.8. The summed E-state index contributed by atoms with van der Waals surface area (Å²) in [5.41, 5.74) is -1.87. The van der Waals surface area contributed by atoms with Gasteiger partial charge in [0.15, 0.2) is 0 Å². The van der Waals surface area contributed by atoms with Gasteiger partial charge in [-0.3, -0.25) is 4.79 Å². The predicted molar refractivity (Wildman–Crippen MR) is 70.6 cm³/mol. The molecular formula is C15H24O5. The molecule has 0 bridgehead atoms. The van der Waals surface area contributed by atoms with Gasteiger partial charge in [0.25, 0.3) is 0 Å². The number of carbonyl (C=O) groups excluding carboxylic acids is 1. The average Bonchev–Trinajstić information content (AvgIpc) is 2.62. The van der Waals surface area contributed by atoms with Crippen LogP contribution >= 0.6 is 0 Å². The number of hydrogen-bond acceptors (Lipinski definition) is 5. The molecule has 5 heteroatoms. The number of aliphatic hydroxyl groups is 3. The fraction of sp³-hybridized carbons (Fsp3) is 0.933. The number of esters is 1. The second-order valence-electron chi connectivity index (χ2n) is 7.37. The fourth-order valence-corrected chi connectivity index (χ4v) is 4.83. The van der Waals surface area contributed by atoms with Crippen LogP contribution in [0.3, 0.4) is 0 Å². The SMILES string of the molecule is CC1C(=O)OC2C1CCC1(C)C(O)CC(O)C(C)(O)C21. The van der Waals surface area contributed by atoms with E-state index in [2.05, 4.69) is 0 Å². The lowest BCUT2D eigenvalue weighted by Crippen LogP contribution is -2.67. The molecular weight excluding hydrogens is 260 g/mol. The molecule has 2 aliphatic carbocycles. The van der Waals surface area contributed by atoms with Crippen molar-refractivity contribution in [3.63, 3.8) is 0 Å². The molecule has 8 unspecified atom stereocenters. The van der Waals surface area contributed by atoms with Crippen molar-refractivity contribution in [3.8, 4) is 0 Å². The molecule has 3 fully saturated rings. The fourth-order valence-electron chi connectivity index (χ4n) is 4.83. The summed E-state index contributed by atoms with van der Waals surface area (Å²) in [7, 11) is 0. The topological polar surface area (TPSA) is 87.0 Å². The van der Waals surface area contributed by atoms with E-state index in [1.54, 1.807) is 6.92 Å². The van der Waals surface area contributed by atoms with Crippen LogP contribution in [0.15, 0.2) is 0 Å². The van der Waals surface area contributed by atoms with Gasteiger partial charge in [0, 0.05) is 23.7 Å². The van der Waals surface area contributed by atoms with Gasteiger partial charge in [0.05, 0.1) is 23.7 Å². The second kappa shape index (κ2) is 4.18. The Kier molecular flexibility index (Phi) is 2.99. The van der Waals surface area contributed by atoms with Gasteiger partial charge in [-0.05, 0) is 19.8 Å². The van der Waals surface area contributed by atoms with Crippen LogP contribution in [0.4, 0.5) is 0 Å². The first-order valence-electron chi connectivity index (χ1n) is 7.48. The molecule has 0 aromatic rings. The molecule has 1 heterocycles. The average molecular weight is 284 g/mol. The predicted octanol–water partition coefficient (Wildman–Crippen LogP) is 0.457. The number of carbonyl (C=O) groups is 1. The molecule has 3 N–H and O–H groups in total. The maximum absolute atomic E-state index is 11.9. The minimum Gasteiger partial charge on any atom is -0.461 e. The van der Waals surface area contributed by atoms with Crippen LogP contribution < -0.4 is 0 Å². The van der Waals surface area contributed by atoms with Crippen LogP contribution in [-0.4, -0.2) is 45.2 Å². The molecule has 0 spiro atoms. The lowest BCUT2D eigenvalue weighted by Gasteiger charge is -2.59. The number of hydrogen-bond donors (Lipinski definition) is 3. The van der Waals surface area contributed by atoms with Gasteiger partial charge >= 0.3 is 5.97 Å². The van der Waals surface area contributed by atoms with Crippen molar-refractivity contribution in [1.82, 2.24) is 0 Å². The summed E-state index contributed by atoms with van der Waals surface area (Å²) in [4.78, 5) is 11.9. The Morgan fingerprint density at radius 3 is 2.55 bits per heavy atom. The van der Waals surface area contributed by atoms with Gasteiger partial charge in [-0.1, -0.05) is 13.8 Å². The van der Waals surface area contributed by atoms with Crippen LogP contribution in [0.2, 0.25) is 0 Å².